The van der Waals surface area contributed by atoms with E-state index in [0.29, 0.717) is 16.7 Å². The van der Waals surface area contributed by atoms with Crippen LogP contribution in [0.3, 0.4) is 0 Å². The number of aromatic nitrogens is 5. The minimum atomic E-state index is -0.471. The number of hydrogen-bond acceptors (Lipinski definition) is 4. The third-order valence-corrected chi connectivity index (χ3v) is 4.15. The van der Waals surface area contributed by atoms with E-state index in [1.54, 1.807) is 36.0 Å². The summed E-state index contributed by atoms with van der Waals surface area (Å²) in [4.78, 5) is 8.60. The summed E-state index contributed by atoms with van der Waals surface area (Å²) < 4.78 is 23.8. The highest BCUT2D eigenvalue weighted by molar-refractivity contribution is 5.72. The smallest absolute Gasteiger partial charge is 0.304 e. The van der Waals surface area contributed by atoms with Crippen molar-refractivity contribution in [3.8, 4) is 23.0 Å². The minimum absolute atomic E-state index is 0.107. The zero-order chi connectivity index (χ0) is 18.3. The lowest BCUT2D eigenvalue weighted by Crippen LogP contribution is -2.01. The highest BCUT2D eigenvalue weighted by atomic mass is 19.1. The van der Waals surface area contributed by atoms with Gasteiger partial charge in [-0.25, -0.2) is 9.37 Å². The number of nitrogens with zero attached hydrogens (tertiary/aromatic N) is 5. The Morgan fingerprint density at radius 1 is 1.15 bits per heavy atom. The first-order chi connectivity index (χ1) is 12.5. The van der Waals surface area contributed by atoms with E-state index in [0.717, 1.165) is 5.69 Å². The molecular weight excluding hydrogens is 333 g/mol. The Balaban J connectivity index is 1.64. The molecule has 4 aromatic rings. The molecule has 0 N–H and O–H groups in total. The van der Waals surface area contributed by atoms with E-state index < -0.39 is 5.82 Å². The number of rotatable bonds is 4. The van der Waals surface area contributed by atoms with Crippen molar-refractivity contribution in [3.63, 3.8) is 0 Å². The maximum Gasteiger partial charge on any atom is 0.304 e. The Morgan fingerprint density at radius 3 is 2.69 bits per heavy atom. The molecule has 3 aromatic heterocycles. The van der Waals surface area contributed by atoms with Gasteiger partial charge in [0, 0.05) is 31.0 Å². The highest BCUT2D eigenvalue weighted by Gasteiger charge is 2.14. The average Bonchev–Trinajstić information content (AvgIpc) is 3.23. The van der Waals surface area contributed by atoms with Gasteiger partial charge in [-0.05, 0) is 50.2 Å². The van der Waals surface area contributed by atoms with Crippen molar-refractivity contribution in [2.45, 2.75) is 19.9 Å². The van der Waals surface area contributed by atoms with E-state index >= 15 is 0 Å². The maximum absolute atomic E-state index is 14.6. The summed E-state index contributed by atoms with van der Waals surface area (Å²) in [6, 6.07) is 10.8. The predicted molar refractivity (Wildman–Crippen MR) is 96.6 cm³/mol. The van der Waals surface area contributed by atoms with Crippen LogP contribution in [0.25, 0.3) is 22.4 Å². The standard InChI is InChI=1S/C19H18FN5O/c1-12(2)25-10-8-15(23-25)13-6-7-17(14(20)11-13)26-19-22-16-5-4-9-21-18(16)24(19)3/h4-12H,1-3H3. The van der Waals surface area contributed by atoms with Gasteiger partial charge in [-0.15, -0.1) is 0 Å². The number of aryl methyl sites for hydroxylation is 1. The zero-order valence-electron chi connectivity index (χ0n) is 14.7. The molecule has 0 fully saturated rings. The summed E-state index contributed by atoms with van der Waals surface area (Å²) >= 11 is 0. The number of benzene rings is 1. The largest absolute Gasteiger partial charge is 0.422 e. The molecule has 0 bridgehead atoms. The molecule has 0 amide bonds. The van der Waals surface area contributed by atoms with E-state index in [9.17, 15) is 4.39 Å². The first-order valence-corrected chi connectivity index (χ1v) is 8.33. The van der Waals surface area contributed by atoms with Gasteiger partial charge < -0.3 is 4.74 Å². The normalized spacial score (nSPS) is 11.4. The van der Waals surface area contributed by atoms with Crippen LogP contribution in [-0.4, -0.2) is 24.3 Å². The number of hydrogen-bond donors (Lipinski definition) is 0. The molecule has 0 aliphatic heterocycles. The Hall–Kier alpha value is -3.22. The summed E-state index contributed by atoms with van der Waals surface area (Å²) in [5.74, 6) is -0.364. The fraction of sp³-hybridized carbons (Fsp3) is 0.211. The Kier molecular flexibility index (Phi) is 3.91. The number of ether oxygens (including phenoxy) is 1. The number of imidazole rings is 1. The predicted octanol–water partition coefficient (Wildman–Crippen LogP) is 4.34. The van der Waals surface area contributed by atoms with Crippen LogP contribution >= 0.6 is 0 Å². The summed E-state index contributed by atoms with van der Waals surface area (Å²) in [5, 5.41) is 4.46. The molecule has 0 unspecified atom stereocenters. The van der Waals surface area contributed by atoms with E-state index in [1.165, 1.54) is 6.07 Å². The van der Waals surface area contributed by atoms with Gasteiger partial charge in [0.05, 0.1) is 5.69 Å². The molecule has 4 rings (SSSR count). The average molecular weight is 351 g/mol. The molecule has 0 aliphatic rings. The van der Waals surface area contributed by atoms with Crippen molar-refractivity contribution in [1.29, 1.82) is 0 Å². The lowest BCUT2D eigenvalue weighted by molar-refractivity contribution is 0.400. The van der Waals surface area contributed by atoms with Crippen LogP contribution in [0.15, 0.2) is 48.8 Å². The van der Waals surface area contributed by atoms with Gasteiger partial charge in [0.1, 0.15) is 5.52 Å². The third-order valence-electron chi connectivity index (χ3n) is 4.15. The number of halogens is 1. The highest BCUT2D eigenvalue weighted by Crippen LogP contribution is 2.29. The molecular formula is C19H18FN5O. The Labute approximate surface area is 149 Å². The topological polar surface area (TPSA) is 57.8 Å². The molecule has 26 heavy (non-hydrogen) atoms. The number of pyridine rings is 1. The monoisotopic (exact) mass is 351 g/mol. The first kappa shape index (κ1) is 16.3. The quantitative estimate of drug-likeness (QED) is 0.549. The van der Waals surface area contributed by atoms with Crippen LogP contribution < -0.4 is 4.74 Å². The summed E-state index contributed by atoms with van der Waals surface area (Å²) in [7, 11) is 1.78. The SMILES string of the molecule is CC(C)n1ccc(-c2ccc(Oc3nc4cccnc4n3C)c(F)c2)n1. The lowest BCUT2D eigenvalue weighted by atomic mass is 10.1. The second-order valence-electron chi connectivity index (χ2n) is 6.32. The van der Waals surface area contributed by atoms with E-state index in [1.807, 2.05) is 36.9 Å². The number of fused-ring (bicyclic) bond motifs is 1. The van der Waals surface area contributed by atoms with Crippen molar-refractivity contribution < 1.29 is 9.13 Å². The van der Waals surface area contributed by atoms with Crippen LogP contribution in [0.2, 0.25) is 0 Å². The summed E-state index contributed by atoms with van der Waals surface area (Å²) in [6.07, 6.45) is 3.56. The van der Waals surface area contributed by atoms with Crippen LogP contribution in [0.4, 0.5) is 4.39 Å². The molecule has 7 heteroatoms. The second-order valence-corrected chi connectivity index (χ2v) is 6.32. The molecule has 0 saturated heterocycles. The van der Waals surface area contributed by atoms with Crippen molar-refractivity contribution in [2.24, 2.45) is 7.05 Å². The Bertz CT molecular complexity index is 1080. The molecule has 6 nitrogen and oxygen atoms in total. The van der Waals surface area contributed by atoms with E-state index in [2.05, 4.69) is 15.1 Å². The van der Waals surface area contributed by atoms with Crippen LogP contribution in [0, 0.1) is 5.82 Å². The van der Waals surface area contributed by atoms with Gasteiger partial charge in [0.15, 0.2) is 17.2 Å². The molecule has 0 radical (unpaired) electrons. The molecule has 1 aromatic carbocycles. The second kappa shape index (κ2) is 6.25. The Morgan fingerprint density at radius 2 is 2.00 bits per heavy atom. The molecule has 0 aliphatic carbocycles. The molecule has 3 heterocycles. The van der Waals surface area contributed by atoms with Gasteiger partial charge in [-0.1, -0.05) is 0 Å². The van der Waals surface area contributed by atoms with E-state index in [-0.39, 0.29) is 17.8 Å². The molecule has 0 spiro atoms. The maximum atomic E-state index is 14.6. The minimum Gasteiger partial charge on any atom is -0.422 e. The van der Waals surface area contributed by atoms with Gasteiger partial charge in [0.2, 0.25) is 0 Å². The van der Waals surface area contributed by atoms with Crippen LogP contribution in [0.5, 0.6) is 11.8 Å². The van der Waals surface area contributed by atoms with Gasteiger partial charge in [-0.3, -0.25) is 9.25 Å². The zero-order valence-corrected chi connectivity index (χ0v) is 14.7. The van der Waals surface area contributed by atoms with Crippen molar-refractivity contribution in [3.05, 3.63) is 54.6 Å². The molecule has 132 valence electrons. The van der Waals surface area contributed by atoms with Crippen LogP contribution in [-0.2, 0) is 7.05 Å². The van der Waals surface area contributed by atoms with E-state index in [4.69, 9.17) is 4.74 Å². The fourth-order valence-corrected chi connectivity index (χ4v) is 2.71. The van der Waals surface area contributed by atoms with Crippen molar-refractivity contribution in [1.82, 2.24) is 24.3 Å². The van der Waals surface area contributed by atoms with Gasteiger partial charge in [-0.2, -0.15) is 10.1 Å². The molecule has 0 saturated carbocycles. The summed E-state index contributed by atoms with van der Waals surface area (Å²) in [5.41, 5.74) is 2.79. The lowest BCUT2D eigenvalue weighted by Gasteiger charge is -2.07. The third kappa shape index (κ3) is 2.81. The van der Waals surface area contributed by atoms with Crippen molar-refractivity contribution >= 4 is 11.2 Å². The van der Waals surface area contributed by atoms with Gasteiger partial charge >= 0.3 is 6.01 Å². The summed E-state index contributed by atoms with van der Waals surface area (Å²) in [6.45, 7) is 4.08. The fourth-order valence-electron chi connectivity index (χ4n) is 2.71. The first-order valence-electron chi connectivity index (χ1n) is 8.33. The van der Waals surface area contributed by atoms with Crippen LogP contribution in [0.1, 0.15) is 19.9 Å². The van der Waals surface area contributed by atoms with Gasteiger partial charge in [0.25, 0.3) is 0 Å². The molecule has 0 atom stereocenters. The van der Waals surface area contributed by atoms with Crippen molar-refractivity contribution in [2.75, 3.05) is 0 Å².